The summed E-state index contributed by atoms with van der Waals surface area (Å²) in [6.07, 6.45) is 12.1. The molecule has 0 bridgehead atoms. The van der Waals surface area contributed by atoms with Crippen molar-refractivity contribution in [3.05, 3.63) is 83.0 Å². The molecule has 0 spiro atoms. The SMILES string of the molecule is C/C=C/Cc1cc(/C=C/C(=O)c2ccc(OCOC(=O)C(C)(C)C)cc2)c(OC)c(C/C=C/C)c1OCOC(=O)C(C)(C)C. The first-order valence-electron chi connectivity index (χ1n) is 14.6. The summed E-state index contributed by atoms with van der Waals surface area (Å²) in [6.45, 7) is 14.0. The zero-order valence-electron chi connectivity index (χ0n) is 27.4. The Labute approximate surface area is 261 Å². The number of ether oxygens (including phenoxy) is 5. The van der Waals surface area contributed by atoms with Crippen molar-refractivity contribution in [2.75, 3.05) is 20.7 Å². The minimum Gasteiger partial charge on any atom is -0.496 e. The van der Waals surface area contributed by atoms with E-state index in [1.54, 1.807) is 79.0 Å². The van der Waals surface area contributed by atoms with Gasteiger partial charge in [-0.25, -0.2) is 0 Å². The predicted octanol–water partition coefficient (Wildman–Crippen LogP) is 7.68. The summed E-state index contributed by atoms with van der Waals surface area (Å²) in [7, 11) is 1.57. The number of esters is 2. The Balaban J connectivity index is 2.34. The molecule has 0 aliphatic rings. The molecule has 0 unspecified atom stereocenters. The van der Waals surface area contributed by atoms with E-state index in [2.05, 4.69) is 0 Å². The van der Waals surface area contributed by atoms with Gasteiger partial charge in [-0.1, -0.05) is 24.3 Å². The fourth-order valence-electron chi connectivity index (χ4n) is 3.86. The molecule has 2 rings (SSSR count). The van der Waals surface area contributed by atoms with E-state index in [0.717, 1.165) is 11.1 Å². The van der Waals surface area contributed by atoms with Crippen molar-refractivity contribution in [1.82, 2.24) is 0 Å². The molecule has 0 atom stereocenters. The Bertz CT molecular complexity index is 1370. The van der Waals surface area contributed by atoms with Gasteiger partial charge in [0.25, 0.3) is 0 Å². The van der Waals surface area contributed by atoms with Gasteiger partial charge in [-0.05, 0) is 116 Å². The second-order valence-corrected chi connectivity index (χ2v) is 12.1. The first-order chi connectivity index (χ1) is 20.7. The number of hydrogen-bond acceptors (Lipinski definition) is 8. The van der Waals surface area contributed by atoms with Crippen LogP contribution in [0.2, 0.25) is 0 Å². The summed E-state index contributed by atoms with van der Waals surface area (Å²) in [4.78, 5) is 37.3. The highest BCUT2D eigenvalue weighted by molar-refractivity contribution is 6.07. The van der Waals surface area contributed by atoms with E-state index in [1.165, 1.54) is 6.08 Å². The average molecular weight is 607 g/mol. The van der Waals surface area contributed by atoms with Crippen molar-refractivity contribution in [3.8, 4) is 17.2 Å². The summed E-state index contributed by atoms with van der Waals surface area (Å²) in [5.41, 5.74) is 1.53. The third kappa shape index (κ3) is 10.7. The van der Waals surface area contributed by atoms with E-state index >= 15 is 0 Å². The maximum absolute atomic E-state index is 13.1. The second kappa shape index (κ2) is 16.5. The molecular weight excluding hydrogens is 560 g/mol. The molecule has 0 amide bonds. The number of methoxy groups -OCH3 is 1. The molecule has 2 aromatic carbocycles. The molecule has 0 saturated carbocycles. The van der Waals surface area contributed by atoms with E-state index < -0.39 is 10.8 Å². The first kappa shape index (κ1) is 35.9. The lowest BCUT2D eigenvalue weighted by atomic mass is 9.96. The summed E-state index contributed by atoms with van der Waals surface area (Å²) in [5.74, 6) is 0.665. The van der Waals surface area contributed by atoms with E-state index in [4.69, 9.17) is 23.7 Å². The average Bonchev–Trinajstić information content (AvgIpc) is 2.97. The third-order valence-corrected chi connectivity index (χ3v) is 6.35. The predicted molar refractivity (Wildman–Crippen MR) is 172 cm³/mol. The molecule has 0 heterocycles. The highest BCUT2D eigenvalue weighted by atomic mass is 16.7. The van der Waals surface area contributed by atoms with E-state index in [0.29, 0.717) is 41.2 Å². The van der Waals surface area contributed by atoms with Crippen molar-refractivity contribution in [2.24, 2.45) is 10.8 Å². The topological polar surface area (TPSA) is 97.4 Å². The third-order valence-electron chi connectivity index (χ3n) is 6.35. The molecule has 0 saturated heterocycles. The van der Waals surface area contributed by atoms with Crippen LogP contribution in [0.25, 0.3) is 6.08 Å². The highest BCUT2D eigenvalue weighted by Crippen LogP contribution is 2.38. The maximum Gasteiger partial charge on any atom is 0.314 e. The normalized spacial score (nSPS) is 12.1. The molecule has 0 radical (unpaired) electrons. The van der Waals surface area contributed by atoms with Crippen LogP contribution in [-0.2, 0) is 31.9 Å². The Kier molecular flexibility index (Phi) is 13.4. The molecule has 2 aromatic rings. The first-order valence-corrected chi connectivity index (χ1v) is 14.6. The van der Waals surface area contributed by atoms with Crippen LogP contribution < -0.4 is 14.2 Å². The minimum atomic E-state index is -0.655. The van der Waals surface area contributed by atoms with Gasteiger partial charge in [-0.2, -0.15) is 0 Å². The molecule has 238 valence electrons. The number of rotatable bonds is 14. The van der Waals surface area contributed by atoms with Crippen LogP contribution in [0.3, 0.4) is 0 Å². The van der Waals surface area contributed by atoms with Gasteiger partial charge < -0.3 is 23.7 Å². The Morgan fingerprint density at radius 2 is 1.30 bits per heavy atom. The summed E-state index contributed by atoms with van der Waals surface area (Å²) >= 11 is 0. The monoisotopic (exact) mass is 606 g/mol. The summed E-state index contributed by atoms with van der Waals surface area (Å²) in [6, 6.07) is 8.51. The van der Waals surface area contributed by atoms with Crippen LogP contribution in [0.4, 0.5) is 0 Å². The van der Waals surface area contributed by atoms with Crippen LogP contribution in [0.5, 0.6) is 17.2 Å². The van der Waals surface area contributed by atoms with Gasteiger partial charge in [-0.3, -0.25) is 14.4 Å². The molecule has 0 fully saturated rings. The van der Waals surface area contributed by atoms with Crippen LogP contribution in [0, 0.1) is 10.8 Å². The van der Waals surface area contributed by atoms with Crippen LogP contribution in [0.15, 0.2) is 60.7 Å². The van der Waals surface area contributed by atoms with Gasteiger partial charge in [0, 0.05) is 16.7 Å². The van der Waals surface area contributed by atoms with Crippen molar-refractivity contribution >= 4 is 23.8 Å². The van der Waals surface area contributed by atoms with E-state index in [-0.39, 0.29) is 31.3 Å². The number of benzene rings is 2. The smallest absolute Gasteiger partial charge is 0.314 e. The van der Waals surface area contributed by atoms with Crippen LogP contribution in [0.1, 0.15) is 82.4 Å². The Morgan fingerprint density at radius 3 is 1.82 bits per heavy atom. The fourth-order valence-corrected chi connectivity index (χ4v) is 3.86. The van der Waals surface area contributed by atoms with E-state index in [9.17, 15) is 14.4 Å². The van der Waals surface area contributed by atoms with Gasteiger partial charge in [0.2, 0.25) is 13.6 Å². The molecule has 8 heteroatoms. The molecular formula is C36H46O8. The van der Waals surface area contributed by atoms with Gasteiger partial charge in [0.15, 0.2) is 5.78 Å². The molecule has 0 aliphatic carbocycles. The van der Waals surface area contributed by atoms with Crippen LogP contribution in [-0.4, -0.2) is 38.4 Å². The Hall–Kier alpha value is -4.33. The van der Waals surface area contributed by atoms with Crippen molar-refractivity contribution in [2.45, 2.75) is 68.2 Å². The number of carbonyl (C=O) groups is 3. The lowest BCUT2D eigenvalue weighted by molar-refractivity contribution is -0.160. The largest absolute Gasteiger partial charge is 0.496 e. The lowest BCUT2D eigenvalue weighted by Gasteiger charge is -2.21. The molecule has 0 N–H and O–H groups in total. The number of allylic oxidation sites excluding steroid dienone is 5. The number of ketones is 1. The molecule has 0 aromatic heterocycles. The van der Waals surface area contributed by atoms with Gasteiger partial charge >= 0.3 is 11.9 Å². The quantitative estimate of drug-likeness (QED) is 0.0710. The van der Waals surface area contributed by atoms with Gasteiger partial charge in [0.05, 0.1) is 17.9 Å². The van der Waals surface area contributed by atoms with Crippen molar-refractivity contribution < 1.29 is 38.1 Å². The highest BCUT2D eigenvalue weighted by Gasteiger charge is 2.25. The molecule has 0 aliphatic heterocycles. The summed E-state index contributed by atoms with van der Waals surface area (Å²) < 4.78 is 27.9. The fraction of sp³-hybridized carbons (Fsp3) is 0.417. The van der Waals surface area contributed by atoms with Crippen molar-refractivity contribution in [3.63, 3.8) is 0 Å². The zero-order chi connectivity index (χ0) is 32.9. The van der Waals surface area contributed by atoms with Crippen LogP contribution >= 0.6 is 0 Å². The standard InChI is InChI=1S/C36H46O8/c1-10-12-14-26-22-27(31(40-9)29(15-13-11-2)32(26)42-24-44-34(39)36(6,7)8)18-21-30(37)25-16-19-28(20-17-25)41-23-43-33(38)35(3,4)5/h10-13,16-22H,14-15,23-24H2,1-9H3/b12-10+,13-11+,21-18+. The Morgan fingerprint density at radius 1 is 0.750 bits per heavy atom. The maximum atomic E-state index is 13.1. The molecule has 8 nitrogen and oxygen atoms in total. The number of carbonyl (C=O) groups excluding carboxylic acids is 3. The van der Waals surface area contributed by atoms with Crippen molar-refractivity contribution in [1.29, 1.82) is 0 Å². The van der Waals surface area contributed by atoms with Gasteiger partial charge in [0.1, 0.15) is 17.2 Å². The molecule has 44 heavy (non-hydrogen) atoms. The lowest BCUT2D eigenvalue weighted by Crippen LogP contribution is -2.25. The zero-order valence-corrected chi connectivity index (χ0v) is 27.4. The second-order valence-electron chi connectivity index (χ2n) is 12.1. The van der Waals surface area contributed by atoms with Gasteiger partial charge in [-0.15, -0.1) is 0 Å². The number of hydrogen-bond donors (Lipinski definition) is 0. The van der Waals surface area contributed by atoms with E-state index in [1.807, 2.05) is 44.2 Å². The summed E-state index contributed by atoms with van der Waals surface area (Å²) in [5, 5.41) is 0. The minimum absolute atomic E-state index is 0.211.